The van der Waals surface area contributed by atoms with Crippen molar-refractivity contribution in [3.8, 4) is 0 Å². The molecule has 0 aliphatic heterocycles. The van der Waals surface area contributed by atoms with Crippen molar-refractivity contribution >= 4 is 16.9 Å². The Morgan fingerprint density at radius 2 is 1.00 bits per heavy atom. The van der Waals surface area contributed by atoms with Gasteiger partial charge in [0.05, 0.1) is 0 Å². The first-order valence-corrected chi connectivity index (χ1v) is 6.40. The lowest BCUT2D eigenvalue weighted by Crippen LogP contribution is -2.59. The average molecular weight is 220 g/mol. The van der Waals surface area contributed by atoms with E-state index in [2.05, 4.69) is 0 Å². The highest BCUT2D eigenvalue weighted by molar-refractivity contribution is 7.28. The van der Waals surface area contributed by atoms with Gasteiger partial charge in [0.2, 0.25) is 0 Å². The van der Waals surface area contributed by atoms with E-state index in [-0.39, 0.29) is 0 Å². The average Bonchev–Trinajstić information content (AvgIpc) is 1.58. The predicted molar refractivity (Wildman–Crippen MR) is 23.1 cm³/mol. The van der Waals surface area contributed by atoms with E-state index >= 15 is 0 Å². The first-order chi connectivity index (χ1) is 4.50. The number of rotatable bonds is 1. The SMILES string of the molecule is FC(F)(F)[Si](F)(F)[Si](F)(F)F. The van der Waals surface area contributed by atoms with Crippen LogP contribution in [-0.4, -0.2) is 22.7 Å². The molecule has 0 saturated heterocycles. The lowest BCUT2D eigenvalue weighted by molar-refractivity contribution is -0.0708. The molecule has 0 amide bonds. The molecule has 0 unspecified atom stereocenters. The fraction of sp³-hybridized carbons (Fsp3) is 1.00. The van der Waals surface area contributed by atoms with Crippen molar-refractivity contribution < 1.29 is 33.7 Å². The molecule has 0 bridgehead atoms. The molecule has 0 fully saturated rings. The number of hydrogen-bond donors (Lipinski definition) is 0. The molecule has 11 heavy (non-hydrogen) atoms. The molecule has 0 N–H and O–H groups in total. The molecule has 0 aliphatic carbocycles. The van der Waals surface area contributed by atoms with Gasteiger partial charge in [-0.05, 0) is 0 Å². The first-order valence-electron chi connectivity index (χ1n) is 2.01. The third-order valence-corrected chi connectivity index (χ3v) is 5.12. The van der Waals surface area contributed by atoms with Crippen LogP contribution in [-0.2, 0) is 0 Å². The Hall–Kier alpha value is -0.126. The summed E-state index contributed by atoms with van der Waals surface area (Å²) in [7, 11) is -15.8. The Morgan fingerprint density at radius 3 is 1.00 bits per heavy atom. The number of hydrogen-bond acceptors (Lipinski definition) is 0. The van der Waals surface area contributed by atoms with E-state index < -0.39 is 22.7 Å². The zero-order valence-electron chi connectivity index (χ0n) is 4.52. The molecule has 0 aromatic carbocycles. The maximum atomic E-state index is 11.4. The predicted octanol–water partition coefficient (Wildman–Crippen LogP) is 2.39. The van der Waals surface area contributed by atoms with Crippen molar-refractivity contribution in [2.24, 2.45) is 0 Å². The van der Waals surface area contributed by atoms with Gasteiger partial charge in [-0.2, -0.15) is 13.2 Å². The van der Waals surface area contributed by atoms with E-state index in [0.717, 1.165) is 0 Å². The third-order valence-electron chi connectivity index (χ3n) is 0.712. The van der Waals surface area contributed by atoms with Crippen LogP contribution in [0.15, 0.2) is 0 Å². The highest BCUT2D eigenvalue weighted by atomic mass is 29.4. The van der Waals surface area contributed by atoms with Gasteiger partial charge in [-0.1, -0.05) is 0 Å². The van der Waals surface area contributed by atoms with Crippen LogP contribution >= 0.6 is 0 Å². The van der Waals surface area contributed by atoms with Crippen molar-refractivity contribution in [2.75, 3.05) is 0 Å². The van der Waals surface area contributed by atoms with Crippen LogP contribution in [0.25, 0.3) is 0 Å². The minimum Gasteiger partial charge on any atom is -0.256 e. The molecule has 0 aliphatic rings. The maximum Gasteiger partial charge on any atom is 0.672 e. The van der Waals surface area contributed by atoms with Gasteiger partial charge < -0.3 is 0 Å². The van der Waals surface area contributed by atoms with Crippen LogP contribution in [0, 0.1) is 0 Å². The third kappa shape index (κ3) is 1.92. The Balaban J connectivity index is 4.75. The fourth-order valence-electron chi connectivity index (χ4n) is 0.161. The summed E-state index contributed by atoms with van der Waals surface area (Å²) in [5.41, 5.74) is 0. The largest absolute Gasteiger partial charge is 0.672 e. The van der Waals surface area contributed by atoms with Crippen LogP contribution < -0.4 is 0 Å². The van der Waals surface area contributed by atoms with Crippen molar-refractivity contribution in [2.45, 2.75) is 5.80 Å². The monoisotopic (exact) mass is 220 g/mol. The van der Waals surface area contributed by atoms with Gasteiger partial charge in [0, 0.05) is 0 Å². The summed E-state index contributed by atoms with van der Waals surface area (Å²) < 4.78 is 88.8. The van der Waals surface area contributed by atoms with Gasteiger partial charge in [-0.15, -0.1) is 0 Å². The van der Waals surface area contributed by atoms with Gasteiger partial charge >= 0.3 is 22.7 Å². The Kier molecular flexibility index (Phi) is 2.41. The second-order valence-electron chi connectivity index (χ2n) is 1.57. The highest BCUT2D eigenvalue weighted by Gasteiger charge is 2.84. The van der Waals surface area contributed by atoms with E-state index in [9.17, 15) is 33.7 Å². The van der Waals surface area contributed by atoms with Crippen LogP contribution in [0.2, 0.25) is 0 Å². The highest BCUT2D eigenvalue weighted by Crippen LogP contribution is 2.39. The summed E-state index contributed by atoms with van der Waals surface area (Å²) in [6.45, 7) is 0. The molecule has 0 heterocycles. The molecular weight excluding hydrogens is 220 g/mol. The van der Waals surface area contributed by atoms with Crippen LogP contribution in [0.1, 0.15) is 0 Å². The van der Waals surface area contributed by atoms with Crippen molar-refractivity contribution in [1.29, 1.82) is 0 Å². The van der Waals surface area contributed by atoms with Gasteiger partial charge in [0.15, 0.2) is 0 Å². The molecule has 0 atom stereocenters. The first kappa shape index (κ1) is 10.9. The molecule has 0 rings (SSSR count). The fourth-order valence-corrected chi connectivity index (χ4v) is 1.45. The minimum absolute atomic E-state index is 6.38. The van der Waals surface area contributed by atoms with Crippen LogP contribution in [0.5, 0.6) is 0 Å². The number of halogens is 8. The lowest BCUT2D eigenvalue weighted by atomic mass is 11.5. The van der Waals surface area contributed by atoms with Crippen LogP contribution in [0.4, 0.5) is 33.7 Å². The molecule has 0 saturated carbocycles. The van der Waals surface area contributed by atoms with E-state index in [1.54, 1.807) is 0 Å². The topological polar surface area (TPSA) is 0 Å². The molecule has 0 aromatic rings. The van der Waals surface area contributed by atoms with Crippen molar-refractivity contribution in [1.82, 2.24) is 0 Å². The van der Waals surface area contributed by atoms with E-state index in [4.69, 9.17) is 0 Å². The molecule has 0 nitrogen and oxygen atoms in total. The van der Waals surface area contributed by atoms with Gasteiger partial charge in [0.1, 0.15) is 0 Å². The molecule has 0 radical (unpaired) electrons. The second kappa shape index (κ2) is 2.43. The van der Waals surface area contributed by atoms with Gasteiger partial charge in [-0.25, -0.2) is 12.3 Å². The molecular formula is CF8Si2. The van der Waals surface area contributed by atoms with Crippen LogP contribution in [0.3, 0.4) is 0 Å². The summed E-state index contributed by atoms with van der Waals surface area (Å²) in [5, 5.41) is 0. The van der Waals surface area contributed by atoms with E-state index in [1.165, 1.54) is 0 Å². The minimum atomic E-state index is -7.97. The summed E-state index contributed by atoms with van der Waals surface area (Å²) >= 11 is 0. The van der Waals surface area contributed by atoms with Gasteiger partial charge in [-0.3, -0.25) is 8.22 Å². The molecule has 0 spiro atoms. The van der Waals surface area contributed by atoms with Crippen molar-refractivity contribution in [3.05, 3.63) is 0 Å². The summed E-state index contributed by atoms with van der Waals surface area (Å²) in [6.07, 6.45) is 0. The Labute approximate surface area is 57.5 Å². The zero-order chi connectivity index (χ0) is 9.50. The Morgan fingerprint density at radius 1 is 0.727 bits per heavy atom. The second-order valence-corrected chi connectivity index (χ2v) is 7.87. The molecule has 0 aromatic heterocycles. The maximum absolute atomic E-state index is 11.4. The quantitative estimate of drug-likeness (QED) is 0.361. The van der Waals surface area contributed by atoms with Crippen molar-refractivity contribution in [3.63, 3.8) is 0 Å². The summed E-state index contributed by atoms with van der Waals surface area (Å²) in [4.78, 5) is 0. The normalized spacial score (nSPS) is 15.3. The lowest BCUT2D eigenvalue weighted by Gasteiger charge is -2.15. The zero-order valence-corrected chi connectivity index (χ0v) is 6.52. The van der Waals surface area contributed by atoms with E-state index in [1.807, 2.05) is 0 Å². The van der Waals surface area contributed by atoms with Gasteiger partial charge in [0.25, 0.3) is 0 Å². The standard InChI is InChI=1S/CF8Si2/c2-1(3,4)10(5,6)11(7,8)9. The molecule has 68 valence electrons. The smallest absolute Gasteiger partial charge is 0.256 e. The van der Waals surface area contributed by atoms with E-state index in [0.29, 0.717) is 0 Å². The number of alkyl halides is 3. The Bertz CT molecular complexity index is 123. The molecule has 10 heteroatoms. The summed E-state index contributed by atoms with van der Waals surface area (Å²) in [5.74, 6) is -6.38. The summed E-state index contributed by atoms with van der Waals surface area (Å²) in [6, 6.07) is 0.